The fourth-order valence-electron chi connectivity index (χ4n) is 8.92. The van der Waals surface area contributed by atoms with Crippen LogP contribution in [0.1, 0.15) is 73.9 Å². The van der Waals surface area contributed by atoms with Gasteiger partial charge in [0.05, 0.1) is 21.6 Å². The molecular formula is C47H53ClN6O7S. The van der Waals surface area contributed by atoms with Gasteiger partial charge in [0.1, 0.15) is 17.1 Å². The Labute approximate surface area is 367 Å². The molecule has 8 rings (SSSR count). The number of nitrogens with one attached hydrogen (secondary N) is 1. The van der Waals surface area contributed by atoms with E-state index >= 15 is 0 Å². The van der Waals surface area contributed by atoms with Crippen molar-refractivity contribution in [2.24, 2.45) is 18.4 Å². The number of fused-ring (bicyclic) bond motifs is 1. The zero-order valence-corrected chi connectivity index (χ0v) is 37.0. The number of allylic oxidation sites excluding steroid dienone is 1. The zero-order valence-electron chi connectivity index (χ0n) is 35.4. The van der Waals surface area contributed by atoms with Gasteiger partial charge in [0, 0.05) is 93.0 Å². The maximum absolute atomic E-state index is 14.0. The topological polar surface area (TPSA) is 149 Å². The van der Waals surface area contributed by atoms with Crippen LogP contribution in [0, 0.1) is 21.4 Å². The summed E-state index contributed by atoms with van der Waals surface area (Å²) in [5.41, 5.74) is 6.05. The molecule has 1 aliphatic carbocycles. The van der Waals surface area contributed by atoms with Crippen LogP contribution in [0.4, 0.5) is 11.4 Å². The van der Waals surface area contributed by atoms with Crippen molar-refractivity contribution < 1.29 is 27.6 Å². The number of hydrogen-bond acceptors (Lipinski definition) is 10. The van der Waals surface area contributed by atoms with Gasteiger partial charge < -0.3 is 18.9 Å². The van der Waals surface area contributed by atoms with Gasteiger partial charge in [-0.25, -0.2) is 18.1 Å². The van der Waals surface area contributed by atoms with Crippen LogP contribution < -0.4 is 14.4 Å². The molecule has 3 aliphatic rings. The molecule has 15 heteroatoms. The highest BCUT2D eigenvalue weighted by atomic mass is 35.5. The van der Waals surface area contributed by atoms with E-state index in [4.69, 9.17) is 21.1 Å². The third-order valence-corrected chi connectivity index (χ3v) is 14.2. The summed E-state index contributed by atoms with van der Waals surface area (Å²) in [6, 6.07) is 20.8. The normalized spacial score (nSPS) is 17.6. The number of aryl methyl sites for hydroxylation is 2. The lowest BCUT2D eigenvalue weighted by Crippen LogP contribution is -2.47. The first kappa shape index (κ1) is 43.4. The van der Waals surface area contributed by atoms with Crippen molar-refractivity contribution in [3.63, 3.8) is 0 Å². The lowest BCUT2D eigenvalue weighted by molar-refractivity contribution is -0.385. The Morgan fingerprint density at radius 3 is 2.52 bits per heavy atom. The number of nitro benzene ring substituents is 1. The van der Waals surface area contributed by atoms with Crippen molar-refractivity contribution in [1.29, 1.82) is 0 Å². The molecule has 3 aromatic carbocycles. The first-order valence-corrected chi connectivity index (χ1v) is 23.2. The number of carbonyl (C=O) groups is 1. The number of anilines is 1. The average Bonchev–Trinajstić information content (AvgIpc) is 3.63. The van der Waals surface area contributed by atoms with Crippen LogP contribution in [0.3, 0.4) is 0 Å². The summed E-state index contributed by atoms with van der Waals surface area (Å²) in [7, 11) is -2.64. The molecule has 2 saturated heterocycles. The quantitative estimate of drug-likeness (QED) is 0.0896. The second-order valence-corrected chi connectivity index (χ2v) is 19.7. The van der Waals surface area contributed by atoms with E-state index in [1.807, 2.05) is 42.1 Å². The Hall–Kier alpha value is -5.28. The Bertz CT molecular complexity index is 2610. The number of halogens is 1. The number of nitro groups is 1. The van der Waals surface area contributed by atoms with E-state index in [2.05, 4.69) is 45.5 Å². The summed E-state index contributed by atoms with van der Waals surface area (Å²) >= 11 is 6.25. The fourth-order valence-corrected chi connectivity index (χ4v) is 10.0. The van der Waals surface area contributed by atoms with E-state index in [1.165, 1.54) is 28.8 Å². The minimum Gasteiger partial charge on any atom is -0.455 e. The lowest BCUT2D eigenvalue weighted by atomic mass is 9.72. The summed E-state index contributed by atoms with van der Waals surface area (Å²) in [6.07, 6.45) is 9.59. The van der Waals surface area contributed by atoms with E-state index < -0.39 is 20.9 Å². The SMILES string of the molecule is Cn1ccc2cc(Oc3cc(N4CCN(CC5=C(c6ccc(Cl)cc6)CC(C)(C)CC5)CC4)ccc3C(=O)NS(=O)(=O)c3ccc(CCC4CCOCC4)c([N+](=O)[O-])c3)cnc21. The number of carbonyl (C=O) groups excluding carboxylic acids is 1. The minimum atomic E-state index is -4.53. The van der Waals surface area contributed by atoms with E-state index in [9.17, 15) is 23.3 Å². The molecule has 0 bridgehead atoms. The second kappa shape index (κ2) is 18.2. The van der Waals surface area contributed by atoms with E-state index in [0.29, 0.717) is 36.9 Å². The lowest BCUT2D eigenvalue weighted by Gasteiger charge is -2.39. The molecule has 62 heavy (non-hydrogen) atoms. The highest BCUT2D eigenvalue weighted by molar-refractivity contribution is 7.90. The average molecular weight is 881 g/mol. The molecule has 0 radical (unpaired) electrons. The number of benzene rings is 3. The molecule has 13 nitrogen and oxygen atoms in total. The standard InChI is InChI=1S/C47H53ClN6O7S/c1-47(2)18-14-36(42(29-47)33-6-9-37(48)10-7-33)31-52-20-22-53(23-21-52)38-11-13-41(44(27-38)61-39-26-35-15-19-51(3)45(35)49-30-39)46(55)50-62(58,59)40-12-8-34(43(28-40)54(56)57)5-4-32-16-24-60-25-17-32/h6-13,15,19,26-28,30,32H,4-5,14,16-18,20-25,29,31H2,1-3H3,(H,50,55). The van der Waals surface area contributed by atoms with E-state index in [-0.39, 0.29) is 27.3 Å². The van der Waals surface area contributed by atoms with Gasteiger partial charge in [0.15, 0.2) is 0 Å². The molecule has 0 spiro atoms. The molecule has 1 N–H and O–H groups in total. The minimum absolute atomic E-state index is 0.0198. The Morgan fingerprint density at radius 2 is 1.77 bits per heavy atom. The van der Waals surface area contributed by atoms with Gasteiger partial charge in [-0.15, -0.1) is 0 Å². The molecule has 2 aliphatic heterocycles. The Balaban J connectivity index is 1.01. The van der Waals surface area contributed by atoms with Crippen LogP contribution in [0.15, 0.2) is 95.7 Å². The molecule has 0 unspecified atom stereocenters. The summed E-state index contributed by atoms with van der Waals surface area (Å²) < 4.78 is 43.3. The van der Waals surface area contributed by atoms with E-state index in [0.717, 1.165) is 99.1 Å². The summed E-state index contributed by atoms with van der Waals surface area (Å²) in [5.74, 6) is -0.0330. The van der Waals surface area contributed by atoms with Crippen LogP contribution in [-0.4, -0.2) is 79.6 Å². The summed E-state index contributed by atoms with van der Waals surface area (Å²) in [6.45, 7) is 10.0. The number of sulfonamides is 1. The van der Waals surface area contributed by atoms with Crippen LogP contribution >= 0.6 is 11.6 Å². The molecule has 2 fully saturated rings. The van der Waals surface area contributed by atoms with Crippen molar-refractivity contribution in [2.75, 3.05) is 50.8 Å². The fraction of sp³-hybridized carbons (Fsp3) is 0.404. The van der Waals surface area contributed by atoms with Crippen molar-refractivity contribution in [3.8, 4) is 11.5 Å². The first-order valence-electron chi connectivity index (χ1n) is 21.3. The largest absolute Gasteiger partial charge is 0.455 e. The third-order valence-electron chi connectivity index (χ3n) is 12.6. The van der Waals surface area contributed by atoms with Gasteiger partial charge in [0.2, 0.25) is 0 Å². The Kier molecular flexibility index (Phi) is 12.7. The number of ether oxygens (including phenoxy) is 2. The van der Waals surface area contributed by atoms with Gasteiger partial charge >= 0.3 is 0 Å². The zero-order chi connectivity index (χ0) is 43.6. The molecular weight excluding hydrogens is 828 g/mol. The van der Waals surface area contributed by atoms with Crippen molar-refractivity contribution in [2.45, 2.75) is 63.7 Å². The van der Waals surface area contributed by atoms with Gasteiger partial charge in [-0.05, 0) is 110 Å². The Morgan fingerprint density at radius 1 is 1.02 bits per heavy atom. The number of pyridine rings is 1. The van der Waals surface area contributed by atoms with Crippen molar-refractivity contribution in [1.82, 2.24) is 19.2 Å². The molecule has 0 atom stereocenters. The highest BCUT2D eigenvalue weighted by Crippen LogP contribution is 2.43. The van der Waals surface area contributed by atoms with Crippen LogP contribution in [-0.2, 0) is 28.2 Å². The maximum atomic E-state index is 14.0. The molecule has 1 amide bonds. The summed E-state index contributed by atoms with van der Waals surface area (Å²) in [5, 5.41) is 13.7. The number of piperazine rings is 1. The number of aromatic nitrogens is 2. The molecule has 2 aromatic heterocycles. The monoisotopic (exact) mass is 880 g/mol. The van der Waals surface area contributed by atoms with Gasteiger partial charge in [-0.1, -0.05) is 49.2 Å². The summed E-state index contributed by atoms with van der Waals surface area (Å²) in [4.78, 5) is 34.4. The number of rotatable bonds is 13. The maximum Gasteiger partial charge on any atom is 0.273 e. The highest BCUT2D eigenvalue weighted by Gasteiger charge is 2.31. The van der Waals surface area contributed by atoms with Gasteiger partial charge in [0.25, 0.3) is 21.6 Å². The molecule has 5 aromatic rings. The van der Waals surface area contributed by atoms with Crippen LogP contribution in [0.2, 0.25) is 5.02 Å². The first-order chi connectivity index (χ1) is 29.7. The van der Waals surface area contributed by atoms with Crippen LogP contribution in [0.25, 0.3) is 16.6 Å². The smallest absolute Gasteiger partial charge is 0.273 e. The van der Waals surface area contributed by atoms with Gasteiger partial charge in [-0.3, -0.25) is 19.8 Å². The second-order valence-electron chi connectivity index (χ2n) is 17.6. The van der Waals surface area contributed by atoms with Crippen molar-refractivity contribution >= 4 is 55.5 Å². The predicted molar refractivity (Wildman–Crippen MR) is 241 cm³/mol. The van der Waals surface area contributed by atoms with Gasteiger partial charge in [-0.2, -0.15) is 0 Å². The predicted octanol–water partition coefficient (Wildman–Crippen LogP) is 9.19. The van der Waals surface area contributed by atoms with Crippen molar-refractivity contribution in [3.05, 3.63) is 123 Å². The molecule has 0 saturated carbocycles. The molecule has 326 valence electrons. The molecule has 4 heterocycles. The third kappa shape index (κ3) is 9.99. The van der Waals surface area contributed by atoms with E-state index in [1.54, 1.807) is 24.4 Å². The number of hydrogen-bond donors (Lipinski definition) is 1. The number of nitrogens with zero attached hydrogens (tertiary/aromatic N) is 5. The number of amides is 1. The van der Waals surface area contributed by atoms with Crippen LogP contribution in [0.5, 0.6) is 11.5 Å².